The Morgan fingerprint density at radius 2 is 2.03 bits per heavy atom. The molecule has 4 heterocycles. The van der Waals surface area contributed by atoms with Gasteiger partial charge in [-0.25, -0.2) is 14.1 Å². The van der Waals surface area contributed by atoms with Crippen molar-refractivity contribution in [3.05, 3.63) is 75.8 Å². The number of carbonyl (C=O) groups excluding carboxylic acids is 1. The molecule has 0 bridgehead atoms. The third-order valence-corrected chi connectivity index (χ3v) is 7.45. The van der Waals surface area contributed by atoms with E-state index in [1.807, 2.05) is 23.7 Å². The van der Waals surface area contributed by atoms with Crippen LogP contribution >= 0.6 is 11.3 Å². The van der Waals surface area contributed by atoms with Crippen LogP contribution < -0.4 is 5.73 Å². The van der Waals surface area contributed by atoms with Crippen molar-refractivity contribution in [3.8, 4) is 5.69 Å². The van der Waals surface area contributed by atoms with Gasteiger partial charge in [-0.05, 0) is 62.7 Å². The predicted octanol–water partition coefficient (Wildman–Crippen LogP) is 4.33. The first-order valence-electron chi connectivity index (χ1n) is 10.6. The van der Waals surface area contributed by atoms with Crippen LogP contribution in [0, 0.1) is 19.7 Å². The van der Waals surface area contributed by atoms with E-state index in [2.05, 4.69) is 16.8 Å². The number of nitrogens with zero attached hydrogens (tertiary/aromatic N) is 4. The Kier molecular flexibility index (Phi) is 5.27. The van der Waals surface area contributed by atoms with Crippen molar-refractivity contribution in [2.45, 2.75) is 32.7 Å². The zero-order valence-electron chi connectivity index (χ0n) is 18.0. The summed E-state index contributed by atoms with van der Waals surface area (Å²) in [5.74, 6) is -0.401. The summed E-state index contributed by atoms with van der Waals surface area (Å²) < 4.78 is 15.2. The maximum absolute atomic E-state index is 13.3. The molecular weight excluding hydrogens is 425 g/mol. The minimum atomic E-state index is -0.381. The lowest BCUT2D eigenvalue weighted by molar-refractivity contribution is 0.100. The van der Waals surface area contributed by atoms with Crippen molar-refractivity contribution in [3.63, 3.8) is 0 Å². The number of rotatable bonds is 5. The highest BCUT2D eigenvalue weighted by molar-refractivity contribution is 7.20. The molecule has 0 saturated carbocycles. The van der Waals surface area contributed by atoms with Gasteiger partial charge in [0.1, 0.15) is 10.6 Å². The zero-order valence-corrected chi connectivity index (χ0v) is 18.8. The van der Waals surface area contributed by atoms with E-state index >= 15 is 0 Å². The van der Waals surface area contributed by atoms with Gasteiger partial charge in [0.05, 0.1) is 16.3 Å². The molecule has 8 heteroatoms. The third kappa shape index (κ3) is 3.59. The number of primary amides is 1. The number of carbonyl (C=O) groups is 1. The summed E-state index contributed by atoms with van der Waals surface area (Å²) >= 11 is 1.39. The molecule has 1 aromatic carbocycles. The molecule has 1 atom stereocenters. The van der Waals surface area contributed by atoms with Crippen molar-refractivity contribution in [2.24, 2.45) is 5.73 Å². The van der Waals surface area contributed by atoms with Crippen molar-refractivity contribution in [2.75, 3.05) is 13.1 Å². The molecular formula is C24H24FN5OS. The molecule has 0 spiro atoms. The Hall–Kier alpha value is -3.10. The van der Waals surface area contributed by atoms with Gasteiger partial charge in [-0.1, -0.05) is 6.07 Å². The molecule has 1 aliphatic heterocycles. The Morgan fingerprint density at radius 3 is 2.78 bits per heavy atom. The minimum Gasteiger partial charge on any atom is -0.365 e. The summed E-state index contributed by atoms with van der Waals surface area (Å²) in [5, 5.41) is 5.74. The first-order chi connectivity index (χ1) is 15.4. The van der Waals surface area contributed by atoms with Crippen molar-refractivity contribution < 1.29 is 9.18 Å². The Balaban J connectivity index is 1.40. The van der Waals surface area contributed by atoms with Gasteiger partial charge in [-0.15, -0.1) is 11.3 Å². The lowest BCUT2D eigenvalue weighted by atomic mass is 9.95. The molecule has 1 fully saturated rings. The Bertz CT molecular complexity index is 1310. The molecule has 1 saturated heterocycles. The number of likely N-dealkylation sites (tertiary alicyclic amines) is 1. The normalized spacial score (nSPS) is 16.8. The maximum Gasteiger partial charge on any atom is 0.259 e. The summed E-state index contributed by atoms with van der Waals surface area (Å²) in [4.78, 5) is 20.4. The molecule has 0 aliphatic carbocycles. The summed E-state index contributed by atoms with van der Waals surface area (Å²) in [6.07, 6.45) is 2.71. The van der Waals surface area contributed by atoms with Crippen molar-refractivity contribution in [1.29, 1.82) is 0 Å². The summed E-state index contributed by atoms with van der Waals surface area (Å²) in [7, 11) is 0. The van der Waals surface area contributed by atoms with Gasteiger partial charge in [0.15, 0.2) is 0 Å². The van der Waals surface area contributed by atoms with E-state index in [0.717, 1.165) is 58.9 Å². The third-order valence-electron chi connectivity index (χ3n) is 6.30. The highest BCUT2D eigenvalue weighted by Crippen LogP contribution is 2.39. The second-order valence-corrected chi connectivity index (χ2v) is 9.32. The summed E-state index contributed by atoms with van der Waals surface area (Å²) in [5.41, 5.74) is 10.8. The second kappa shape index (κ2) is 8.11. The standard InChI is InChI=1S/C24H24FN5OS/c1-14-20(15(2)30(28-14)18-7-5-17(25)6-8-18)13-29-11-9-16(12-29)21-19-4-3-10-27-24(19)32-22(21)23(26)31/h3-8,10,16H,9,11-13H2,1-2H3,(H2,26,31). The molecule has 4 aromatic rings. The quantitative estimate of drug-likeness (QED) is 0.492. The zero-order chi connectivity index (χ0) is 22.4. The van der Waals surface area contributed by atoms with Gasteiger partial charge >= 0.3 is 0 Å². The van der Waals surface area contributed by atoms with Crippen LogP contribution in [-0.2, 0) is 6.54 Å². The van der Waals surface area contributed by atoms with Gasteiger partial charge in [0, 0.05) is 41.8 Å². The number of benzene rings is 1. The number of pyridine rings is 1. The number of amides is 1. The number of nitrogens with two attached hydrogens (primary N) is 1. The van der Waals surface area contributed by atoms with Gasteiger partial charge in [-0.3, -0.25) is 9.69 Å². The average Bonchev–Trinajstić information content (AvgIpc) is 3.46. The van der Waals surface area contributed by atoms with E-state index in [9.17, 15) is 9.18 Å². The lowest BCUT2D eigenvalue weighted by Crippen LogP contribution is -2.21. The van der Waals surface area contributed by atoms with Crippen molar-refractivity contribution >= 4 is 27.5 Å². The molecule has 164 valence electrons. The highest BCUT2D eigenvalue weighted by Gasteiger charge is 2.31. The van der Waals surface area contributed by atoms with Crippen molar-refractivity contribution in [1.82, 2.24) is 19.7 Å². The smallest absolute Gasteiger partial charge is 0.259 e. The van der Waals surface area contributed by atoms with Crippen LogP contribution in [0.5, 0.6) is 0 Å². The summed E-state index contributed by atoms with van der Waals surface area (Å²) in [6, 6.07) is 10.3. The fourth-order valence-corrected chi connectivity index (χ4v) is 5.79. The highest BCUT2D eigenvalue weighted by atomic mass is 32.1. The molecule has 1 aliphatic rings. The van der Waals surface area contributed by atoms with E-state index in [4.69, 9.17) is 10.8 Å². The molecule has 5 rings (SSSR count). The van der Waals surface area contributed by atoms with E-state index in [-0.39, 0.29) is 17.6 Å². The van der Waals surface area contributed by atoms with Crippen LogP contribution in [0.15, 0.2) is 42.6 Å². The summed E-state index contributed by atoms with van der Waals surface area (Å²) in [6.45, 7) is 6.62. The van der Waals surface area contributed by atoms with Crippen LogP contribution in [-0.4, -0.2) is 38.7 Å². The first kappa shape index (κ1) is 20.8. The monoisotopic (exact) mass is 449 g/mol. The number of halogens is 1. The van der Waals surface area contributed by atoms with Crippen LogP contribution in [0.4, 0.5) is 4.39 Å². The number of fused-ring (bicyclic) bond motifs is 1. The molecule has 32 heavy (non-hydrogen) atoms. The molecule has 3 aromatic heterocycles. The number of hydrogen-bond donors (Lipinski definition) is 1. The number of aryl methyl sites for hydroxylation is 1. The average molecular weight is 450 g/mol. The second-order valence-electron chi connectivity index (χ2n) is 8.32. The fraction of sp³-hybridized carbons (Fsp3) is 0.292. The molecule has 0 radical (unpaired) electrons. The maximum atomic E-state index is 13.3. The van der Waals surface area contributed by atoms with Gasteiger partial charge in [-0.2, -0.15) is 5.10 Å². The van der Waals surface area contributed by atoms with Crippen LogP contribution in [0.3, 0.4) is 0 Å². The minimum absolute atomic E-state index is 0.239. The van der Waals surface area contributed by atoms with E-state index in [1.165, 1.54) is 29.0 Å². The molecule has 1 amide bonds. The van der Waals surface area contributed by atoms with Crippen LogP contribution in [0.25, 0.3) is 15.9 Å². The largest absolute Gasteiger partial charge is 0.365 e. The lowest BCUT2D eigenvalue weighted by Gasteiger charge is -2.17. The van der Waals surface area contributed by atoms with Crippen LogP contribution in [0.1, 0.15) is 44.5 Å². The number of hydrogen-bond acceptors (Lipinski definition) is 5. The molecule has 1 unspecified atom stereocenters. The van der Waals surface area contributed by atoms with E-state index in [0.29, 0.717) is 4.88 Å². The van der Waals surface area contributed by atoms with Gasteiger partial charge in [0.25, 0.3) is 5.91 Å². The topological polar surface area (TPSA) is 77.0 Å². The molecule has 2 N–H and O–H groups in total. The van der Waals surface area contributed by atoms with E-state index < -0.39 is 0 Å². The SMILES string of the molecule is Cc1nn(-c2ccc(F)cc2)c(C)c1CN1CCC(c2c(C(N)=O)sc3ncccc23)C1. The van der Waals surface area contributed by atoms with Gasteiger partial charge < -0.3 is 5.73 Å². The fourth-order valence-electron chi connectivity index (χ4n) is 4.71. The van der Waals surface area contributed by atoms with E-state index in [1.54, 1.807) is 18.3 Å². The predicted molar refractivity (Wildman–Crippen MR) is 124 cm³/mol. The van der Waals surface area contributed by atoms with Crippen LogP contribution in [0.2, 0.25) is 0 Å². The van der Waals surface area contributed by atoms with Gasteiger partial charge in [0.2, 0.25) is 0 Å². The molecule has 6 nitrogen and oxygen atoms in total. The number of thiophene rings is 1. The first-order valence-corrected chi connectivity index (χ1v) is 11.4. The Morgan fingerprint density at radius 1 is 1.25 bits per heavy atom. The number of aromatic nitrogens is 3. The Labute approximate surface area is 189 Å².